The van der Waals surface area contributed by atoms with Crippen LogP contribution in [0.3, 0.4) is 0 Å². The van der Waals surface area contributed by atoms with E-state index in [-0.39, 0.29) is 5.91 Å². The van der Waals surface area contributed by atoms with Crippen LogP contribution in [0.1, 0.15) is 30.4 Å². The van der Waals surface area contributed by atoms with Crippen LogP contribution in [0.15, 0.2) is 52.5 Å². The second-order valence-corrected chi connectivity index (χ2v) is 10.1. The van der Waals surface area contributed by atoms with Gasteiger partial charge in [0.15, 0.2) is 5.16 Å². The van der Waals surface area contributed by atoms with Crippen molar-refractivity contribution in [3.05, 3.63) is 53.6 Å². The molecule has 0 saturated carbocycles. The lowest BCUT2D eigenvalue weighted by Gasteiger charge is -2.19. The summed E-state index contributed by atoms with van der Waals surface area (Å²) in [4.78, 5) is 23.9. The summed E-state index contributed by atoms with van der Waals surface area (Å²) in [6.45, 7) is 4.09. The Morgan fingerprint density at radius 2 is 2.10 bits per heavy atom. The van der Waals surface area contributed by atoms with Crippen LogP contribution in [-0.2, 0) is 10.5 Å². The van der Waals surface area contributed by atoms with Crippen molar-refractivity contribution in [1.82, 2.24) is 20.2 Å². The molecule has 0 aliphatic carbocycles. The number of carbonyl (C=O) groups is 1. The van der Waals surface area contributed by atoms with E-state index in [0.29, 0.717) is 11.8 Å². The van der Waals surface area contributed by atoms with Gasteiger partial charge < -0.3 is 15.2 Å². The number of imidazole rings is 1. The van der Waals surface area contributed by atoms with Crippen LogP contribution in [0.4, 0.5) is 0 Å². The number of benzene rings is 2. The van der Waals surface area contributed by atoms with Crippen molar-refractivity contribution in [2.45, 2.75) is 48.0 Å². The second-order valence-electron chi connectivity index (χ2n) is 8.09. The molecular formula is C24H30N4OS2. The second kappa shape index (κ2) is 10.6. The SMILES string of the molecule is Cc1c(CSc2nc3ccccc3[nH]2)cccc1SCC(=O)NCCC1CCCN1C. The van der Waals surface area contributed by atoms with E-state index in [4.69, 9.17) is 0 Å². The number of thioether (sulfide) groups is 2. The van der Waals surface area contributed by atoms with Gasteiger partial charge in [-0.1, -0.05) is 36.0 Å². The topological polar surface area (TPSA) is 61.0 Å². The molecule has 2 heterocycles. The zero-order valence-electron chi connectivity index (χ0n) is 18.2. The normalized spacial score (nSPS) is 16.8. The molecule has 164 valence electrons. The van der Waals surface area contributed by atoms with Gasteiger partial charge in [0.1, 0.15) is 0 Å². The zero-order chi connectivity index (χ0) is 21.6. The van der Waals surface area contributed by atoms with Gasteiger partial charge in [0, 0.05) is 23.2 Å². The molecule has 1 aromatic heterocycles. The Labute approximate surface area is 192 Å². The molecule has 3 aromatic rings. The summed E-state index contributed by atoms with van der Waals surface area (Å²) in [6.07, 6.45) is 3.56. The third kappa shape index (κ3) is 5.84. The maximum Gasteiger partial charge on any atom is 0.230 e. The van der Waals surface area contributed by atoms with Crippen molar-refractivity contribution < 1.29 is 4.79 Å². The number of hydrogen-bond donors (Lipinski definition) is 2. The first-order valence-electron chi connectivity index (χ1n) is 10.9. The Morgan fingerprint density at radius 3 is 2.90 bits per heavy atom. The molecule has 0 bridgehead atoms. The Hall–Kier alpha value is -1.96. The summed E-state index contributed by atoms with van der Waals surface area (Å²) < 4.78 is 0. The number of H-pyrrole nitrogens is 1. The molecule has 1 saturated heterocycles. The van der Waals surface area contributed by atoms with Crippen molar-refractivity contribution >= 4 is 40.5 Å². The highest BCUT2D eigenvalue weighted by Crippen LogP contribution is 2.29. The van der Waals surface area contributed by atoms with Crippen molar-refractivity contribution in [1.29, 1.82) is 0 Å². The number of hydrogen-bond acceptors (Lipinski definition) is 5. The van der Waals surface area contributed by atoms with E-state index in [1.807, 2.05) is 24.3 Å². The standard InChI is InChI=1S/C24H30N4OS2/c1-17-18(15-31-24-26-20-9-3-4-10-21(20)27-24)7-5-11-22(17)30-16-23(29)25-13-12-19-8-6-14-28(19)2/h3-5,7,9-11,19H,6,8,12-16H2,1-2H3,(H,25,29)(H,26,27). The smallest absolute Gasteiger partial charge is 0.230 e. The molecule has 1 atom stereocenters. The van der Waals surface area contributed by atoms with Crippen molar-refractivity contribution in [3.8, 4) is 0 Å². The number of aromatic nitrogens is 2. The maximum absolute atomic E-state index is 12.3. The largest absolute Gasteiger partial charge is 0.355 e. The lowest BCUT2D eigenvalue weighted by Crippen LogP contribution is -2.32. The number of para-hydroxylation sites is 2. The number of likely N-dealkylation sites (tertiary alicyclic amines) is 1. The molecule has 4 rings (SSSR count). The first-order chi connectivity index (χ1) is 15.1. The number of nitrogens with one attached hydrogen (secondary N) is 2. The lowest BCUT2D eigenvalue weighted by atomic mass is 10.1. The summed E-state index contributed by atoms with van der Waals surface area (Å²) in [5.41, 5.74) is 4.59. The lowest BCUT2D eigenvalue weighted by molar-refractivity contribution is -0.118. The zero-order valence-corrected chi connectivity index (χ0v) is 19.8. The van der Waals surface area contributed by atoms with Crippen molar-refractivity contribution in [2.75, 3.05) is 25.9 Å². The first-order valence-corrected chi connectivity index (χ1v) is 12.8. The fraction of sp³-hybridized carbons (Fsp3) is 0.417. The third-order valence-electron chi connectivity index (χ3n) is 5.96. The summed E-state index contributed by atoms with van der Waals surface area (Å²) in [7, 11) is 2.18. The van der Waals surface area contributed by atoms with Gasteiger partial charge in [0.25, 0.3) is 0 Å². The van der Waals surface area contributed by atoms with Crippen LogP contribution in [0.2, 0.25) is 0 Å². The molecular weight excluding hydrogens is 424 g/mol. The minimum absolute atomic E-state index is 0.118. The fourth-order valence-corrected chi connectivity index (χ4v) is 5.89. The van der Waals surface area contributed by atoms with Gasteiger partial charge >= 0.3 is 0 Å². The number of amides is 1. The Balaban J connectivity index is 1.26. The average Bonchev–Trinajstić information content (AvgIpc) is 3.37. The summed E-state index contributed by atoms with van der Waals surface area (Å²) >= 11 is 3.33. The number of fused-ring (bicyclic) bond motifs is 1. The predicted molar refractivity (Wildman–Crippen MR) is 131 cm³/mol. The monoisotopic (exact) mass is 454 g/mol. The summed E-state index contributed by atoms with van der Waals surface area (Å²) in [6, 6.07) is 15.1. The molecule has 0 radical (unpaired) electrons. The molecule has 2 N–H and O–H groups in total. The van der Waals surface area contributed by atoms with E-state index in [2.05, 4.69) is 52.4 Å². The van der Waals surface area contributed by atoms with E-state index in [1.54, 1.807) is 23.5 Å². The molecule has 0 spiro atoms. The molecule has 1 aliphatic rings. The van der Waals surface area contributed by atoms with Crippen LogP contribution in [0.25, 0.3) is 11.0 Å². The van der Waals surface area contributed by atoms with E-state index in [0.717, 1.165) is 34.9 Å². The highest BCUT2D eigenvalue weighted by atomic mass is 32.2. The van der Waals surface area contributed by atoms with Crippen LogP contribution in [-0.4, -0.2) is 52.7 Å². The predicted octanol–water partition coefficient (Wildman–Crippen LogP) is 4.86. The van der Waals surface area contributed by atoms with E-state index < -0.39 is 0 Å². The van der Waals surface area contributed by atoms with Gasteiger partial charge in [0.2, 0.25) is 5.91 Å². The molecule has 2 aromatic carbocycles. The van der Waals surface area contributed by atoms with E-state index in [9.17, 15) is 4.79 Å². The summed E-state index contributed by atoms with van der Waals surface area (Å²) in [5, 5.41) is 4.03. The summed E-state index contributed by atoms with van der Waals surface area (Å²) in [5.74, 6) is 1.43. The van der Waals surface area contributed by atoms with Crippen molar-refractivity contribution in [2.24, 2.45) is 0 Å². The van der Waals surface area contributed by atoms with Crippen LogP contribution in [0.5, 0.6) is 0 Å². The molecule has 1 unspecified atom stereocenters. The molecule has 1 amide bonds. The van der Waals surface area contributed by atoms with Gasteiger partial charge in [-0.2, -0.15) is 0 Å². The third-order valence-corrected chi connectivity index (χ3v) is 8.04. The van der Waals surface area contributed by atoms with Gasteiger partial charge in [-0.3, -0.25) is 4.79 Å². The molecule has 5 nitrogen and oxygen atoms in total. The molecule has 7 heteroatoms. The Bertz CT molecular complexity index is 1000. The molecule has 1 fully saturated rings. The Kier molecular flexibility index (Phi) is 7.58. The minimum atomic E-state index is 0.118. The van der Waals surface area contributed by atoms with Gasteiger partial charge in [-0.05, 0) is 69.1 Å². The van der Waals surface area contributed by atoms with E-state index in [1.165, 1.54) is 35.4 Å². The van der Waals surface area contributed by atoms with Gasteiger partial charge in [-0.25, -0.2) is 4.98 Å². The minimum Gasteiger partial charge on any atom is -0.355 e. The fourth-order valence-electron chi connectivity index (χ4n) is 4.03. The number of nitrogens with zero attached hydrogens (tertiary/aromatic N) is 2. The van der Waals surface area contributed by atoms with Crippen molar-refractivity contribution in [3.63, 3.8) is 0 Å². The first kappa shape index (κ1) is 22.2. The average molecular weight is 455 g/mol. The van der Waals surface area contributed by atoms with E-state index >= 15 is 0 Å². The van der Waals surface area contributed by atoms with Crippen LogP contribution in [0, 0.1) is 6.92 Å². The Morgan fingerprint density at radius 1 is 1.23 bits per heavy atom. The molecule has 31 heavy (non-hydrogen) atoms. The van der Waals surface area contributed by atoms with Gasteiger partial charge in [-0.15, -0.1) is 11.8 Å². The van der Waals surface area contributed by atoms with Gasteiger partial charge in [0.05, 0.1) is 16.8 Å². The quantitative estimate of drug-likeness (QED) is 0.452. The number of carbonyl (C=O) groups excluding carboxylic acids is 1. The number of rotatable bonds is 9. The maximum atomic E-state index is 12.3. The number of aromatic amines is 1. The highest BCUT2D eigenvalue weighted by molar-refractivity contribution is 8.00. The van der Waals surface area contributed by atoms with Crippen LogP contribution >= 0.6 is 23.5 Å². The van der Waals surface area contributed by atoms with Crippen LogP contribution < -0.4 is 5.32 Å². The molecule has 1 aliphatic heterocycles. The highest BCUT2D eigenvalue weighted by Gasteiger charge is 2.20.